The van der Waals surface area contributed by atoms with Crippen LogP contribution in [-0.2, 0) is 6.18 Å². The van der Waals surface area contributed by atoms with E-state index in [1.54, 1.807) is 6.07 Å². The number of fused-ring (bicyclic) bond motifs is 3. The van der Waals surface area contributed by atoms with Crippen LogP contribution in [0.5, 0.6) is 0 Å². The molecule has 2 aliphatic rings. The molecule has 4 rings (SSSR count). The van der Waals surface area contributed by atoms with Crippen LogP contribution < -0.4 is 10.6 Å². The van der Waals surface area contributed by atoms with Crippen LogP contribution >= 0.6 is 0 Å². The first-order valence-corrected chi connectivity index (χ1v) is 8.67. The number of rotatable bonds is 2. The molecule has 1 saturated carbocycles. The Hall–Kier alpha value is -2.01. The van der Waals surface area contributed by atoms with Gasteiger partial charge in [-0.05, 0) is 61.1 Å². The van der Waals surface area contributed by atoms with Crippen LogP contribution in [0.2, 0.25) is 0 Å². The summed E-state index contributed by atoms with van der Waals surface area (Å²) in [4.78, 5) is 0. The summed E-state index contributed by atoms with van der Waals surface area (Å²) in [6, 6.07) is 14.8. The molecule has 2 nitrogen and oxygen atoms in total. The fraction of sp³-hybridized carbons (Fsp3) is 0.400. The maximum absolute atomic E-state index is 13.2. The summed E-state index contributed by atoms with van der Waals surface area (Å²) in [5.74, 6) is 0.428. The van der Waals surface area contributed by atoms with Crippen LogP contribution in [0.3, 0.4) is 0 Å². The number of hydrogen-bond acceptors (Lipinski definition) is 2. The highest BCUT2D eigenvalue weighted by Gasteiger charge is 2.44. The average molecular weight is 346 g/mol. The smallest absolute Gasteiger partial charge is 0.378 e. The van der Waals surface area contributed by atoms with Gasteiger partial charge >= 0.3 is 6.18 Å². The van der Waals surface area contributed by atoms with Crippen LogP contribution in [0.25, 0.3) is 0 Å². The zero-order chi connectivity index (χ0) is 17.6. The number of hydrogen-bond donors (Lipinski definition) is 2. The Morgan fingerprint density at radius 1 is 1.04 bits per heavy atom. The molecule has 2 aromatic carbocycles. The predicted octanol–water partition coefficient (Wildman–Crippen LogP) is 4.95. The van der Waals surface area contributed by atoms with Gasteiger partial charge in [-0.15, -0.1) is 0 Å². The number of anilines is 1. The van der Waals surface area contributed by atoms with Crippen molar-refractivity contribution in [1.82, 2.24) is 5.32 Å². The van der Waals surface area contributed by atoms with Crippen LogP contribution in [0.4, 0.5) is 18.9 Å². The van der Waals surface area contributed by atoms with E-state index in [4.69, 9.17) is 0 Å². The molecule has 4 atom stereocenters. The largest absolute Gasteiger partial charge is 0.416 e. The Labute approximate surface area is 145 Å². The fourth-order valence-corrected chi connectivity index (χ4v) is 4.47. The van der Waals surface area contributed by atoms with Crippen LogP contribution in [0.1, 0.15) is 41.5 Å². The van der Waals surface area contributed by atoms with Crippen molar-refractivity contribution < 1.29 is 13.2 Å². The van der Waals surface area contributed by atoms with Crippen molar-refractivity contribution in [3.8, 4) is 0 Å². The molecule has 1 fully saturated rings. The van der Waals surface area contributed by atoms with Crippen LogP contribution in [0.15, 0.2) is 48.5 Å². The van der Waals surface area contributed by atoms with Gasteiger partial charge in [0, 0.05) is 11.7 Å². The van der Waals surface area contributed by atoms with Crippen molar-refractivity contribution in [2.45, 2.75) is 37.0 Å². The summed E-state index contributed by atoms with van der Waals surface area (Å²) >= 11 is 0. The summed E-state index contributed by atoms with van der Waals surface area (Å²) in [6.07, 6.45) is -2.47. The molecule has 1 aliphatic carbocycles. The maximum atomic E-state index is 13.2. The van der Waals surface area contributed by atoms with Crippen molar-refractivity contribution in [3.63, 3.8) is 0 Å². The SMILES string of the molecule is CN[C@@H]1C[C@@H]2[C@H](C1)c1cc(C(F)(F)F)ccc1N[C@H]2c1ccccc1. The third-order valence-electron chi connectivity index (χ3n) is 5.70. The zero-order valence-corrected chi connectivity index (χ0v) is 14.0. The Morgan fingerprint density at radius 3 is 2.48 bits per heavy atom. The second-order valence-corrected chi connectivity index (χ2v) is 7.06. The predicted molar refractivity (Wildman–Crippen MR) is 92.6 cm³/mol. The van der Waals surface area contributed by atoms with Crippen molar-refractivity contribution >= 4 is 5.69 Å². The minimum Gasteiger partial charge on any atom is -0.378 e. The van der Waals surface area contributed by atoms with E-state index < -0.39 is 11.7 Å². The molecule has 1 aliphatic heterocycles. The molecule has 25 heavy (non-hydrogen) atoms. The Kier molecular flexibility index (Phi) is 3.99. The van der Waals surface area contributed by atoms with Gasteiger partial charge in [0.05, 0.1) is 11.6 Å². The Morgan fingerprint density at radius 2 is 1.80 bits per heavy atom. The van der Waals surface area contributed by atoms with Gasteiger partial charge in [-0.2, -0.15) is 13.2 Å². The standard InChI is InChI=1S/C20H21F3N2/c1-24-14-10-15-16-9-13(20(21,22)23)7-8-18(16)25-19(17(15)11-14)12-5-3-2-4-6-12/h2-9,14-15,17,19,24-25H,10-11H2,1H3/t14-,15+,17+,19-/m0/s1. The number of nitrogens with one attached hydrogen (secondary N) is 2. The lowest BCUT2D eigenvalue weighted by Gasteiger charge is -2.38. The van der Waals surface area contributed by atoms with E-state index in [1.807, 2.05) is 25.2 Å². The molecule has 0 amide bonds. The van der Waals surface area contributed by atoms with E-state index >= 15 is 0 Å². The number of alkyl halides is 3. The van der Waals surface area contributed by atoms with Gasteiger partial charge in [-0.25, -0.2) is 0 Å². The highest BCUT2D eigenvalue weighted by molar-refractivity contribution is 5.59. The Bertz CT molecular complexity index is 757. The molecule has 0 bridgehead atoms. The lowest BCUT2D eigenvalue weighted by molar-refractivity contribution is -0.137. The molecule has 2 N–H and O–H groups in total. The molecule has 0 radical (unpaired) electrons. The molecule has 0 unspecified atom stereocenters. The van der Waals surface area contributed by atoms with Crippen LogP contribution in [0, 0.1) is 5.92 Å². The highest BCUT2D eigenvalue weighted by atomic mass is 19.4. The van der Waals surface area contributed by atoms with Gasteiger partial charge in [0.15, 0.2) is 0 Å². The van der Waals surface area contributed by atoms with Gasteiger partial charge in [0.1, 0.15) is 0 Å². The van der Waals surface area contributed by atoms with Crippen molar-refractivity contribution in [2.24, 2.45) is 5.92 Å². The number of benzene rings is 2. The minimum absolute atomic E-state index is 0.133. The molecular formula is C20H21F3N2. The molecule has 0 aromatic heterocycles. The van der Waals surface area contributed by atoms with E-state index in [-0.39, 0.29) is 17.9 Å². The molecular weight excluding hydrogens is 325 g/mol. The quantitative estimate of drug-likeness (QED) is 0.804. The first kappa shape index (κ1) is 16.5. The zero-order valence-electron chi connectivity index (χ0n) is 14.0. The van der Waals surface area contributed by atoms with Gasteiger partial charge in [0.25, 0.3) is 0 Å². The van der Waals surface area contributed by atoms with E-state index in [0.29, 0.717) is 6.04 Å². The summed E-state index contributed by atoms with van der Waals surface area (Å²) in [7, 11) is 1.93. The summed E-state index contributed by atoms with van der Waals surface area (Å²) < 4.78 is 39.5. The molecule has 132 valence electrons. The normalized spacial score (nSPS) is 28.2. The monoisotopic (exact) mass is 346 g/mol. The Balaban J connectivity index is 1.77. The molecule has 0 spiro atoms. The second-order valence-electron chi connectivity index (χ2n) is 7.06. The second kappa shape index (κ2) is 6.06. The fourth-order valence-electron chi connectivity index (χ4n) is 4.47. The first-order chi connectivity index (χ1) is 12.0. The van der Waals surface area contributed by atoms with Crippen molar-refractivity contribution in [2.75, 3.05) is 12.4 Å². The summed E-state index contributed by atoms with van der Waals surface area (Å²) in [6.45, 7) is 0. The van der Waals surface area contributed by atoms with Gasteiger partial charge in [-0.3, -0.25) is 0 Å². The van der Waals surface area contributed by atoms with Crippen LogP contribution in [-0.4, -0.2) is 13.1 Å². The minimum atomic E-state index is -4.30. The lowest BCUT2D eigenvalue weighted by atomic mass is 9.77. The van der Waals surface area contributed by atoms with Crippen molar-refractivity contribution in [1.29, 1.82) is 0 Å². The van der Waals surface area contributed by atoms with Crippen molar-refractivity contribution in [3.05, 3.63) is 65.2 Å². The average Bonchev–Trinajstić information content (AvgIpc) is 3.05. The third kappa shape index (κ3) is 2.91. The van der Waals surface area contributed by atoms with Gasteiger partial charge < -0.3 is 10.6 Å². The first-order valence-electron chi connectivity index (χ1n) is 8.67. The van der Waals surface area contributed by atoms with E-state index in [1.165, 1.54) is 17.7 Å². The summed E-state index contributed by atoms with van der Waals surface area (Å²) in [5, 5.41) is 6.83. The molecule has 5 heteroatoms. The lowest BCUT2D eigenvalue weighted by Crippen LogP contribution is -2.29. The van der Waals surface area contributed by atoms with Gasteiger partial charge in [-0.1, -0.05) is 30.3 Å². The van der Waals surface area contributed by atoms with E-state index in [0.717, 1.165) is 24.1 Å². The molecule has 2 aromatic rings. The van der Waals surface area contributed by atoms with E-state index in [9.17, 15) is 13.2 Å². The third-order valence-corrected chi connectivity index (χ3v) is 5.70. The van der Waals surface area contributed by atoms with E-state index in [2.05, 4.69) is 22.8 Å². The summed E-state index contributed by atoms with van der Waals surface area (Å²) in [5.41, 5.74) is 2.28. The maximum Gasteiger partial charge on any atom is 0.416 e. The highest BCUT2D eigenvalue weighted by Crippen LogP contribution is 2.53. The molecule has 0 saturated heterocycles. The van der Waals surface area contributed by atoms with Gasteiger partial charge in [0.2, 0.25) is 0 Å². The number of halogens is 3. The topological polar surface area (TPSA) is 24.1 Å². The molecule has 1 heterocycles.